The number of hydrogen-bond donors (Lipinski definition) is 3. The summed E-state index contributed by atoms with van der Waals surface area (Å²) >= 11 is 0. The Kier molecular flexibility index (Phi) is 4.63. The van der Waals surface area contributed by atoms with E-state index in [1.54, 1.807) is 0 Å². The van der Waals surface area contributed by atoms with Gasteiger partial charge in [-0.2, -0.15) is 0 Å². The maximum atomic E-state index is 11.6. The lowest BCUT2D eigenvalue weighted by molar-refractivity contribution is -0.116. The number of carboxylic acid groups (broad SMARTS) is 2. The zero-order valence-electron chi connectivity index (χ0n) is 10.6. The van der Waals surface area contributed by atoms with Gasteiger partial charge < -0.3 is 15.5 Å². The topological polar surface area (TPSA) is 104 Å². The lowest BCUT2D eigenvalue weighted by Gasteiger charge is -2.10. The summed E-state index contributed by atoms with van der Waals surface area (Å²) in [6.07, 6.45) is 0.232. The molecule has 0 spiro atoms. The molecular formula is C13H15NO5. The Bertz CT molecular complexity index is 522. The van der Waals surface area contributed by atoms with Crippen LogP contribution in [0.3, 0.4) is 0 Å². The number of nitrogens with one attached hydrogen (secondary N) is 1. The zero-order valence-corrected chi connectivity index (χ0v) is 10.6. The van der Waals surface area contributed by atoms with Crippen LogP contribution >= 0.6 is 0 Å². The highest BCUT2D eigenvalue weighted by molar-refractivity contribution is 6.02. The van der Waals surface area contributed by atoms with Crippen LogP contribution < -0.4 is 5.32 Å². The minimum atomic E-state index is -1.23. The number of aromatic carboxylic acids is 2. The standard InChI is InChI=1S/C13H15NO5/c1-7(2)5-11(15)14-10-6-8(12(16)17)3-4-9(10)13(18)19/h3-4,6-7H,5H2,1-2H3,(H,14,15)(H,16,17)(H,18,19). The fourth-order valence-corrected chi connectivity index (χ4v) is 1.54. The van der Waals surface area contributed by atoms with Crippen molar-refractivity contribution in [3.05, 3.63) is 29.3 Å². The molecule has 0 bridgehead atoms. The summed E-state index contributed by atoms with van der Waals surface area (Å²) in [5.41, 5.74) is -0.218. The fourth-order valence-electron chi connectivity index (χ4n) is 1.54. The van der Waals surface area contributed by atoms with Crippen molar-refractivity contribution in [1.82, 2.24) is 0 Å². The monoisotopic (exact) mass is 265 g/mol. The minimum absolute atomic E-state index is 0.00181. The zero-order chi connectivity index (χ0) is 14.6. The van der Waals surface area contributed by atoms with E-state index in [1.165, 1.54) is 6.07 Å². The molecule has 0 atom stereocenters. The van der Waals surface area contributed by atoms with Crippen molar-refractivity contribution in [2.75, 3.05) is 5.32 Å². The molecule has 6 nitrogen and oxygen atoms in total. The van der Waals surface area contributed by atoms with Gasteiger partial charge in [-0.25, -0.2) is 9.59 Å². The molecule has 0 saturated heterocycles. The Balaban J connectivity index is 3.07. The molecule has 0 aliphatic heterocycles. The second-order valence-corrected chi connectivity index (χ2v) is 4.52. The summed E-state index contributed by atoms with van der Waals surface area (Å²) in [6.45, 7) is 3.71. The molecule has 1 rings (SSSR count). The van der Waals surface area contributed by atoms with E-state index in [4.69, 9.17) is 10.2 Å². The fraction of sp³-hybridized carbons (Fsp3) is 0.308. The van der Waals surface area contributed by atoms with Crippen LogP contribution in [0.5, 0.6) is 0 Å². The second-order valence-electron chi connectivity index (χ2n) is 4.52. The van der Waals surface area contributed by atoms with E-state index in [1.807, 2.05) is 13.8 Å². The van der Waals surface area contributed by atoms with Crippen LogP contribution in [0, 0.1) is 5.92 Å². The first-order chi connectivity index (χ1) is 8.81. The average Bonchev–Trinajstić information content (AvgIpc) is 2.26. The summed E-state index contributed by atoms with van der Waals surface area (Å²) in [6, 6.07) is 3.49. The summed E-state index contributed by atoms with van der Waals surface area (Å²) < 4.78 is 0. The molecule has 0 radical (unpaired) electrons. The third kappa shape index (κ3) is 4.09. The lowest BCUT2D eigenvalue weighted by Crippen LogP contribution is -2.17. The number of carbonyl (C=O) groups is 3. The number of amides is 1. The Labute approximate surface area is 110 Å². The molecule has 0 aliphatic carbocycles. The van der Waals surface area contributed by atoms with Gasteiger partial charge in [-0.05, 0) is 24.1 Å². The molecule has 0 saturated carbocycles. The van der Waals surface area contributed by atoms with Crippen molar-refractivity contribution in [2.45, 2.75) is 20.3 Å². The first-order valence-corrected chi connectivity index (χ1v) is 5.71. The third-order valence-corrected chi connectivity index (χ3v) is 2.36. The number of anilines is 1. The van der Waals surface area contributed by atoms with Crippen LogP contribution in [0.25, 0.3) is 0 Å². The van der Waals surface area contributed by atoms with Gasteiger partial charge in [0.2, 0.25) is 5.91 Å². The number of hydrogen-bond acceptors (Lipinski definition) is 3. The number of carbonyl (C=O) groups excluding carboxylic acids is 1. The summed E-state index contributed by atoms with van der Waals surface area (Å²) in [5.74, 6) is -2.64. The number of benzene rings is 1. The van der Waals surface area contributed by atoms with Gasteiger partial charge in [0.25, 0.3) is 0 Å². The van der Waals surface area contributed by atoms with Crippen molar-refractivity contribution in [1.29, 1.82) is 0 Å². The van der Waals surface area contributed by atoms with Gasteiger partial charge in [0, 0.05) is 6.42 Å². The van der Waals surface area contributed by atoms with E-state index in [-0.39, 0.29) is 35.1 Å². The summed E-state index contributed by atoms with van der Waals surface area (Å²) in [4.78, 5) is 33.5. The summed E-state index contributed by atoms with van der Waals surface area (Å²) in [7, 11) is 0. The quantitative estimate of drug-likeness (QED) is 0.756. The van der Waals surface area contributed by atoms with Crippen molar-refractivity contribution < 1.29 is 24.6 Å². The molecule has 1 amide bonds. The van der Waals surface area contributed by atoms with Crippen LogP contribution in [-0.2, 0) is 4.79 Å². The first-order valence-electron chi connectivity index (χ1n) is 5.71. The van der Waals surface area contributed by atoms with E-state index < -0.39 is 11.9 Å². The normalized spacial score (nSPS) is 10.3. The molecule has 102 valence electrons. The van der Waals surface area contributed by atoms with Crippen molar-refractivity contribution in [3.8, 4) is 0 Å². The molecule has 0 heterocycles. The molecular weight excluding hydrogens is 250 g/mol. The maximum absolute atomic E-state index is 11.6. The molecule has 19 heavy (non-hydrogen) atoms. The maximum Gasteiger partial charge on any atom is 0.337 e. The largest absolute Gasteiger partial charge is 0.478 e. The Morgan fingerprint density at radius 1 is 1.16 bits per heavy atom. The molecule has 0 aliphatic rings. The second kappa shape index (κ2) is 5.99. The predicted octanol–water partition coefficient (Wildman–Crippen LogP) is 2.07. The SMILES string of the molecule is CC(C)CC(=O)Nc1cc(C(=O)O)ccc1C(=O)O. The first kappa shape index (κ1) is 14.7. The van der Waals surface area contributed by atoms with Gasteiger partial charge in [-0.3, -0.25) is 4.79 Å². The van der Waals surface area contributed by atoms with Crippen LogP contribution in [0.15, 0.2) is 18.2 Å². The van der Waals surface area contributed by atoms with E-state index in [0.717, 1.165) is 12.1 Å². The van der Waals surface area contributed by atoms with Crippen molar-refractivity contribution in [2.24, 2.45) is 5.92 Å². The van der Waals surface area contributed by atoms with E-state index in [9.17, 15) is 14.4 Å². The Hall–Kier alpha value is -2.37. The van der Waals surface area contributed by atoms with Crippen LogP contribution in [0.4, 0.5) is 5.69 Å². The van der Waals surface area contributed by atoms with Crippen LogP contribution in [0.2, 0.25) is 0 Å². The molecule has 1 aromatic carbocycles. The highest BCUT2D eigenvalue weighted by atomic mass is 16.4. The van der Waals surface area contributed by atoms with Crippen LogP contribution in [0.1, 0.15) is 41.0 Å². The van der Waals surface area contributed by atoms with E-state index in [0.29, 0.717) is 0 Å². The van der Waals surface area contributed by atoms with Gasteiger partial charge in [0.1, 0.15) is 0 Å². The predicted molar refractivity (Wildman–Crippen MR) is 68.4 cm³/mol. The Morgan fingerprint density at radius 2 is 1.79 bits per heavy atom. The molecule has 0 fully saturated rings. The van der Waals surface area contributed by atoms with Gasteiger partial charge in [0.05, 0.1) is 16.8 Å². The van der Waals surface area contributed by atoms with E-state index >= 15 is 0 Å². The van der Waals surface area contributed by atoms with Gasteiger partial charge in [-0.1, -0.05) is 13.8 Å². The third-order valence-electron chi connectivity index (χ3n) is 2.36. The number of carboxylic acids is 2. The lowest BCUT2D eigenvalue weighted by atomic mass is 10.1. The van der Waals surface area contributed by atoms with Gasteiger partial charge >= 0.3 is 11.9 Å². The Morgan fingerprint density at radius 3 is 2.26 bits per heavy atom. The molecule has 1 aromatic rings. The van der Waals surface area contributed by atoms with Crippen molar-refractivity contribution >= 4 is 23.5 Å². The van der Waals surface area contributed by atoms with E-state index in [2.05, 4.69) is 5.32 Å². The smallest absolute Gasteiger partial charge is 0.337 e. The van der Waals surface area contributed by atoms with Crippen LogP contribution in [-0.4, -0.2) is 28.1 Å². The average molecular weight is 265 g/mol. The van der Waals surface area contributed by atoms with Gasteiger partial charge in [-0.15, -0.1) is 0 Å². The highest BCUT2D eigenvalue weighted by Gasteiger charge is 2.15. The van der Waals surface area contributed by atoms with Gasteiger partial charge in [0.15, 0.2) is 0 Å². The number of rotatable bonds is 5. The molecule has 6 heteroatoms. The molecule has 3 N–H and O–H groups in total. The highest BCUT2D eigenvalue weighted by Crippen LogP contribution is 2.19. The van der Waals surface area contributed by atoms with Crippen molar-refractivity contribution in [3.63, 3.8) is 0 Å². The molecule has 0 unspecified atom stereocenters. The molecule has 0 aromatic heterocycles. The minimum Gasteiger partial charge on any atom is -0.478 e. The summed E-state index contributed by atoms with van der Waals surface area (Å²) in [5, 5.41) is 20.3.